The number of ether oxygens (including phenoxy) is 1. The van der Waals surface area contributed by atoms with Gasteiger partial charge in [0.05, 0.1) is 7.11 Å². The van der Waals surface area contributed by atoms with Crippen molar-refractivity contribution in [2.75, 3.05) is 12.8 Å². The number of thiazole rings is 1. The lowest BCUT2D eigenvalue weighted by molar-refractivity contribution is 0.412. The van der Waals surface area contributed by atoms with Crippen LogP contribution in [0, 0.1) is 13.8 Å². The van der Waals surface area contributed by atoms with Crippen molar-refractivity contribution in [2.24, 2.45) is 0 Å². The van der Waals surface area contributed by atoms with Gasteiger partial charge in [0.1, 0.15) is 17.3 Å². The number of aryl methyl sites for hydroxylation is 2. The maximum Gasteiger partial charge on any atom is 0.196 e. The first-order valence-electron chi connectivity index (χ1n) is 5.99. The van der Waals surface area contributed by atoms with Gasteiger partial charge >= 0.3 is 0 Å². The quantitative estimate of drug-likeness (QED) is 0.779. The summed E-state index contributed by atoms with van der Waals surface area (Å²) < 4.78 is 7.26. The third-order valence-electron chi connectivity index (χ3n) is 3.24. The highest BCUT2D eigenvalue weighted by molar-refractivity contribution is 7.15. The molecule has 0 radical (unpaired) electrons. The molecule has 3 aromatic rings. The van der Waals surface area contributed by atoms with Crippen molar-refractivity contribution in [3.63, 3.8) is 0 Å². The van der Waals surface area contributed by atoms with Crippen LogP contribution in [0.5, 0.6) is 5.75 Å². The standard InChI is InChI=1S/C14H15N3OS/c1-8-6-10(4-5-11(8)18-3)12-13(15)17-9(2)7-19-14(17)16-12/h4-7H,15H2,1-3H3. The number of nitrogen functional groups attached to an aromatic ring is 1. The zero-order valence-electron chi connectivity index (χ0n) is 11.1. The first-order valence-corrected chi connectivity index (χ1v) is 6.87. The summed E-state index contributed by atoms with van der Waals surface area (Å²) in [4.78, 5) is 5.54. The highest BCUT2D eigenvalue weighted by atomic mass is 32.1. The predicted octanol–water partition coefficient (Wildman–Crippen LogP) is 3.27. The molecule has 1 aromatic carbocycles. The topological polar surface area (TPSA) is 52.5 Å². The smallest absolute Gasteiger partial charge is 0.196 e. The van der Waals surface area contributed by atoms with Crippen LogP contribution in [0.2, 0.25) is 0 Å². The Bertz CT molecular complexity index is 757. The van der Waals surface area contributed by atoms with E-state index in [4.69, 9.17) is 10.5 Å². The summed E-state index contributed by atoms with van der Waals surface area (Å²) >= 11 is 1.60. The molecule has 3 rings (SSSR count). The molecule has 98 valence electrons. The number of nitrogens with two attached hydrogens (primary N) is 1. The second-order valence-corrected chi connectivity index (χ2v) is 5.36. The molecular weight excluding hydrogens is 258 g/mol. The summed E-state index contributed by atoms with van der Waals surface area (Å²) in [5.41, 5.74) is 10.3. The van der Waals surface area contributed by atoms with Gasteiger partial charge in [-0.05, 0) is 37.6 Å². The molecule has 2 aromatic heterocycles. The largest absolute Gasteiger partial charge is 0.496 e. The van der Waals surface area contributed by atoms with Crippen LogP contribution in [0.15, 0.2) is 23.6 Å². The van der Waals surface area contributed by atoms with Gasteiger partial charge in [0.15, 0.2) is 4.96 Å². The summed E-state index contributed by atoms with van der Waals surface area (Å²) in [5, 5.41) is 2.06. The molecule has 0 aliphatic heterocycles. The van der Waals surface area contributed by atoms with Gasteiger partial charge in [-0.3, -0.25) is 4.40 Å². The minimum atomic E-state index is 0.693. The van der Waals surface area contributed by atoms with Crippen molar-refractivity contribution in [3.05, 3.63) is 34.8 Å². The van der Waals surface area contributed by atoms with E-state index >= 15 is 0 Å². The number of methoxy groups -OCH3 is 1. The molecule has 0 bridgehead atoms. The number of nitrogens with zero attached hydrogens (tertiary/aromatic N) is 2. The number of hydrogen-bond acceptors (Lipinski definition) is 4. The monoisotopic (exact) mass is 273 g/mol. The minimum absolute atomic E-state index is 0.693. The minimum Gasteiger partial charge on any atom is -0.496 e. The molecule has 0 saturated heterocycles. The van der Waals surface area contributed by atoms with Crippen LogP contribution in [0.1, 0.15) is 11.3 Å². The maximum atomic E-state index is 6.21. The first-order chi connectivity index (χ1) is 9.11. The fourth-order valence-electron chi connectivity index (χ4n) is 2.26. The van der Waals surface area contributed by atoms with E-state index in [-0.39, 0.29) is 0 Å². The lowest BCUT2D eigenvalue weighted by Gasteiger charge is -2.06. The Balaban J connectivity index is 2.19. The third-order valence-corrected chi connectivity index (χ3v) is 4.18. The van der Waals surface area contributed by atoms with Gasteiger partial charge in [0.2, 0.25) is 0 Å². The van der Waals surface area contributed by atoms with E-state index < -0.39 is 0 Å². The van der Waals surface area contributed by atoms with Crippen molar-refractivity contribution in [1.29, 1.82) is 0 Å². The number of benzene rings is 1. The Labute approximate surface area is 115 Å². The lowest BCUT2D eigenvalue weighted by Crippen LogP contribution is -1.95. The highest BCUT2D eigenvalue weighted by Gasteiger charge is 2.14. The molecule has 0 unspecified atom stereocenters. The maximum absolute atomic E-state index is 6.21. The van der Waals surface area contributed by atoms with E-state index in [1.165, 1.54) is 0 Å². The van der Waals surface area contributed by atoms with E-state index in [1.54, 1.807) is 18.4 Å². The van der Waals surface area contributed by atoms with Gasteiger partial charge in [-0.25, -0.2) is 4.98 Å². The summed E-state index contributed by atoms with van der Waals surface area (Å²) in [6, 6.07) is 5.99. The zero-order valence-corrected chi connectivity index (χ0v) is 11.9. The van der Waals surface area contributed by atoms with Crippen LogP contribution in [0.4, 0.5) is 5.82 Å². The Morgan fingerprint density at radius 3 is 2.74 bits per heavy atom. The number of hydrogen-bond donors (Lipinski definition) is 1. The lowest BCUT2D eigenvalue weighted by atomic mass is 10.1. The van der Waals surface area contributed by atoms with Crippen LogP contribution in [-0.2, 0) is 0 Å². The third kappa shape index (κ3) is 1.77. The van der Waals surface area contributed by atoms with Crippen molar-refractivity contribution >= 4 is 22.1 Å². The van der Waals surface area contributed by atoms with E-state index in [0.29, 0.717) is 5.82 Å². The molecule has 0 saturated carbocycles. The van der Waals surface area contributed by atoms with Gasteiger partial charge in [-0.15, -0.1) is 11.3 Å². The van der Waals surface area contributed by atoms with Gasteiger partial charge in [-0.1, -0.05) is 0 Å². The Kier molecular flexibility index (Phi) is 2.71. The van der Waals surface area contributed by atoms with E-state index in [2.05, 4.69) is 16.4 Å². The fraction of sp³-hybridized carbons (Fsp3) is 0.214. The van der Waals surface area contributed by atoms with E-state index in [9.17, 15) is 0 Å². The SMILES string of the molecule is COc1ccc(-c2nc3scc(C)n3c2N)cc1C. The van der Waals surface area contributed by atoms with E-state index in [0.717, 1.165) is 33.2 Å². The Morgan fingerprint density at radius 1 is 1.32 bits per heavy atom. The molecule has 2 N–H and O–H groups in total. The van der Waals surface area contributed by atoms with Crippen LogP contribution in [-0.4, -0.2) is 16.5 Å². The molecule has 2 heterocycles. The van der Waals surface area contributed by atoms with E-state index in [1.807, 2.05) is 30.4 Å². The molecule has 4 nitrogen and oxygen atoms in total. The van der Waals surface area contributed by atoms with Gasteiger partial charge in [-0.2, -0.15) is 0 Å². The molecule has 5 heteroatoms. The summed E-state index contributed by atoms with van der Waals surface area (Å²) in [5.74, 6) is 1.57. The molecule has 0 aliphatic carbocycles. The number of anilines is 1. The second-order valence-electron chi connectivity index (χ2n) is 4.53. The van der Waals surface area contributed by atoms with Gasteiger partial charge in [0, 0.05) is 16.6 Å². The molecule has 0 atom stereocenters. The van der Waals surface area contributed by atoms with Crippen LogP contribution < -0.4 is 10.5 Å². The summed E-state index contributed by atoms with van der Waals surface area (Å²) in [6.45, 7) is 4.05. The number of fused-ring (bicyclic) bond motifs is 1. The summed E-state index contributed by atoms with van der Waals surface area (Å²) in [7, 11) is 1.67. The fourth-order valence-corrected chi connectivity index (χ4v) is 3.13. The second kappa shape index (κ2) is 4.28. The summed E-state index contributed by atoms with van der Waals surface area (Å²) in [6.07, 6.45) is 0. The highest BCUT2D eigenvalue weighted by Crippen LogP contribution is 2.32. The molecule has 0 amide bonds. The zero-order chi connectivity index (χ0) is 13.6. The van der Waals surface area contributed by atoms with Gasteiger partial charge in [0.25, 0.3) is 0 Å². The van der Waals surface area contributed by atoms with Gasteiger partial charge < -0.3 is 10.5 Å². The van der Waals surface area contributed by atoms with Crippen molar-refractivity contribution in [1.82, 2.24) is 9.38 Å². The predicted molar refractivity (Wildman–Crippen MR) is 78.9 cm³/mol. The molecule has 19 heavy (non-hydrogen) atoms. The number of imidazole rings is 1. The molecular formula is C14H15N3OS. The molecule has 0 aliphatic rings. The van der Waals surface area contributed by atoms with Crippen LogP contribution in [0.25, 0.3) is 16.2 Å². The Morgan fingerprint density at radius 2 is 2.11 bits per heavy atom. The normalized spacial score (nSPS) is 11.1. The van der Waals surface area contributed by atoms with Crippen molar-refractivity contribution in [3.8, 4) is 17.0 Å². The van der Waals surface area contributed by atoms with Crippen molar-refractivity contribution in [2.45, 2.75) is 13.8 Å². The Hall–Kier alpha value is -2.01. The molecule has 0 fully saturated rings. The van der Waals surface area contributed by atoms with Crippen LogP contribution >= 0.6 is 11.3 Å². The average molecular weight is 273 g/mol. The molecule has 0 spiro atoms. The van der Waals surface area contributed by atoms with Crippen LogP contribution in [0.3, 0.4) is 0 Å². The van der Waals surface area contributed by atoms with Crippen molar-refractivity contribution < 1.29 is 4.74 Å². The number of rotatable bonds is 2. The average Bonchev–Trinajstić information content (AvgIpc) is 2.91. The number of aromatic nitrogens is 2. The first kappa shape index (κ1) is 12.0.